The summed E-state index contributed by atoms with van der Waals surface area (Å²) in [6, 6.07) is 4.08. The Hall–Kier alpha value is -1.13. The molecule has 1 fully saturated rings. The zero-order chi connectivity index (χ0) is 13.8. The van der Waals surface area contributed by atoms with Gasteiger partial charge in [-0.15, -0.1) is 12.4 Å². The Balaban J connectivity index is 0.00000200. The van der Waals surface area contributed by atoms with E-state index >= 15 is 0 Å². The van der Waals surface area contributed by atoms with Gasteiger partial charge >= 0.3 is 0 Å². The third-order valence-electron chi connectivity index (χ3n) is 3.41. The van der Waals surface area contributed by atoms with Crippen LogP contribution in [-0.4, -0.2) is 26.4 Å². The van der Waals surface area contributed by atoms with Crippen molar-refractivity contribution in [3.8, 4) is 17.2 Å². The molecule has 20 heavy (non-hydrogen) atoms. The van der Waals surface area contributed by atoms with Crippen LogP contribution in [0.15, 0.2) is 12.1 Å². The number of hydrogen-bond acceptors (Lipinski definition) is 4. The summed E-state index contributed by atoms with van der Waals surface area (Å²) >= 11 is 0. The predicted molar refractivity (Wildman–Crippen MR) is 82.4 cm³/mol. The molecule has 1 aliphatic rings. The van der Waals surface area contributed by atoms with Gasteiger partial charge in [0.05, 0.1) is 20.3 Å². The molecule has 0 aromatic heterocycles. The Morgan fingerprint density at radius 1 is 1.20 bits per heavy atom. The summed E-state index contributed by atoms with van der Waals surface area (Å²) in [6.07, 6.45) is 4.53. The van der Waals surface area contributed by atoms with Crippen LogP contribution < -0.4 is 19.9 Å². The third-order valence-corrected chi connectivity index (χ3v) is 3.41. The minimum atomic E-state index is 0. The van der Waals surface area contributed by atoms with E-state index < -0.39 is 0 Å². The largest absolute Gasteiger partial charge is 0.493 e. The van der Waals surface area contributed by atoms with E-state index in [1.165, 1.54) is 6.42 Å². The molecule has 5 heteroatoms. The normalized spacial score (nSPS) is 15.8. The van der Waals surface area contributed by atoms with Crippen LogP contribution in [0.25, 0.3) is 0 Å². The number of halogens is 1. The Kier molecular flexibility index (Phi) is 6.43. The molecule has 2 rings (SSSR count). The highest BCUT2D eigenvalue weighted by Crippen LogP contribution is 2.41. The molecule has 0 bridgehead atoms. The average Bonchev–Trinajstić information content (AvgIpc) is 2.33. The molecule has 1 atom stereocenters. The fourth-order valence-corrected chi connectivity index (χ4v) is 2.20. The number of rotatable bonds is 6. The van der Waals surface area contributed by atoms with E-state index in [2.05, 4.69) is 0 Å². The minimum Gasteiger partial charge on any atom is -0.493 e. The molecule has 1 aromatic carbocycles. The minimum absolute atomic E-state index is 0. The molecule has 0 saturated heterocycles. The molecule has 1 unspecified atom stereocenters. The lowest BCUT2D eigenvalue weighted by Crippen LogP contribution is -2.25. The van der Waals surface area contributed by atoms with Crippen molar-refractivity contribution in [2.75, 3.05) is 14.2 Å². The van der Waals surface area contributed by atoms with Crippen molar-refractivity contribution in [3.63, 3.8) is 0 Å². The monoisotopic (exact) mass is 301 g/mol. The van der Waals surface area contributed by atoms with Gasteiger partial charge in [-0.1, -0.05) is 0 Å². The van der Waals surface area contributed by atoms with Crippen LogP contribution in [-0.2, 0) is 6.42 Å². The second kappa shape index (κ2) is 7.60. The van der Waals surface area contributed by atoms with Gasteiger partial charge < -0.3 is 19.9 Å². The molecule has 1 aromatic rings. The fraction of sp³-hybridized carbons (Fsp3) is 0.600. The highest BCUT2D eigenvalue weighted by atomic mass is 35.5. The lowest BCUT2D eigenvalue weighted by Gasteiger charge is -2.28. The van der Waals surface area contributed by atoms with Crippen LogP contribution in [0.4, 0.5) is 0 Å². The van der Waals surface area contributed by atoms with Crippen molar-refractivity contribution >= 4 is 12.4 Å². The molecule has 0 radical (unpaired) electrons. The van der Waals surface area contributed by atoms with Crippen LogP contribution in [0.5, 0.6) is 17.2 Å². The zero-order valence-electron chi connectivity index (χ0n) is 12.3. The molecule has 2 N–H and O–H groups in total. The van der Waals surface area contributed by atoms with Crippen molar-refractivity contribution in [1.82, 2.24) is 0 Å². The summed E-state index contributed by atoms with van der Waals surface area (Å²) < 4.78 is 16.8. The molecule has 0 amide bonds. The molecule has 114 valence electrons. The van der Waals surface area contributed by atoms with E-state index in [1.807, 2.05) is 19.1 Å². The van der Waals surface area contributed by atoms with Gasteiger partial charge in [0.1, 0.15) is 0 Å². The maximum Gasteiger partial charge on any atom is 0.203 e. The van der Waals surface area contributed by atoms with Crippen LogP contribution >= 0.6 is 12.4 Å². The van der Waals surface area contributed by atoms with Gasteiger partial charge in [-0.3, -0.25) is 0 Å². The summed E-state index contributed by atoms with van der Waals surface area (Å²) in [4.78, 5) is 0. The summed E-state index contributed by atoms with van der Waals surface area (Å²) in [5.41, 5.74) is 6.95. The van der Waals surface area contributed by atoms with E-state index in [0.29, 0.717) is 11.9 Å². The lowest BCUT2D eigenvalue weighted by molar-refractivity contribution is 0.111. The number of hydrogen-bond donors (Lipinski definition) is 1. The van der Waals surface area contributed by atoms with Crippen LogP contribution in [0, 0.1) is 0 Å². The van der Waals surface area contributed by atoms with Gasteiger partial charge in [0.2, 0.25) is 5.75 Å². The fourth-order valence-electron chi connectivity index (χ4n) is 2.20. The summed E-state index contributed by atoms with van der Waals surface area (Å²) in [7, 11) is 3.30. The summed E-state index contributed by atoms with van der Waals surface area (Å²) in [6.45, 7) is 1.98. The predicted octanol–water partition coefficient (Wildman–Crippen LogP) is 2.95. The molecule has 0 heterocycles. The molecule has 4 nitrogen and oxygen atoms in total. The quantitative estimate of drug-likeness (QED) is 0.878. The smallest absolute Gasteiger partial charge is 0.203 e. The van der Waals surface area contributed by atoms with Gasteiger partial charge in [0.15, 0.2) is 11.5 Å². The Bertz CT molecular complexity index is 408. The van der Waals surface area contributed by atoms with Crippen LogP contribution in [0.1, 0.15) is 31.7 Å². The number of benzene rings is 1. The average molecular weight is 302 g/mol. The van der Waals surface area contributed by atoms with Gasteiger partial charge in [-0.05, 0) is 50.3 Å². The van der Waals surface area contributed by atoms with E-state index in [-0.39, 0.29) is 18.4 Å². The third kappa shape index (κ3) is 3.93. The van der Waals surface area contributed by atoms with E-state index in [4.69, 9.17) is 19.9 Å². The van der Waals surface area contributed by atoms with E-state index in [1.54, 1.807) is 14.2 Å². The first kappa shape index (κ1) is 16.9. The van der Waals surface area contributed by atoms with Gasteiger partial charge in [-0.25, -0.2) is 0 Å². The second-order valence-corrected chi connectivity index (χ2v) is 5.18. The molecular weight excluding hydrogens is 278 g/mol. The summed E-state index contributed by atoms with van der Waals surface area (Å²) in [5.74, 6) is 2.16. The van der Waals surface area contributed by atoms with Gasteiger partial charge in [-0.2, -0.15) is 0 Å². The Labute approximate surface area is 127 Å². The SMILES string of the molecule is COc1cc(CC(C)N)cc(OC)c1OC1CCC1.Cl. The number of methoxy groups -OCH3 is 2. The number of nitrogens with two attached hydrogens (primary N) is 1. The molecule has 1 saturated carbocycles. The summed E-state index contributed by atoms with van der Waals surface area (Å²) in [5, 5.41) is 0. The van der Waals surface area contributed by atoms with Gasteiger partial charge in [0, 0.05) is 6.04 Å². The van der Waals surface area contributed by atoms with Crippen LogP contribution in [0.3, 0.4) is 0 Å². The van der Waals surface area contributed by atoms with Crippen molar-refractivity contribution in [2.24, 2.45) is 5.73 Å². The molecular formula is C15H24ClNO3. The zero-order valence-corrected chi connectivity index (χ0v) is 13.2. The van der Waals surface area contributed by atoms with Crippen molar-refractivity contribution < 1.29 is 14.2 Å². The first-order chi connectivity index (χ1) is 9.13. The lowest BCUT2D eigenvalue weighted by atomic mass is 9.96. The Morgan fingerprint density at radius 2 is 1.75 bits per heavy atom. The van der Waals surface area contributed by atoms with Crippen molar-refractivity contribution in [1.29, 1.82) is 0 Å². The Morgan fingerprint density at radius 3 is 2.10 bits per heavy atom. The first-order valence-corrected chi connectivity index (χ1v) is 6.81. The van der Waals surface area contributed by atoms with E-state index in [0.717, 1.165) is 36.3 Å². The van der Waals surface area contributed by atoms with Gasteiger partial charge in [0.25, 0.3) is 0 Å². The maximum atomic E-state index is 5.97. The van der Waals surface area contributed by atoms with E-state index in [9.17, 15) is 0 Å². The van der Waals surface area contributed by atoms with Crippen molar-refractivity contribution in [3.05, 3.63) is 17.7 Å². The molecule has 1 aliphatic carbocycles. The maximum absolute atomic E-state index is 5.97. The highest BCUT2D eigenvalue weighted by Gasteiger charge is 2.23. The number of ether oxygens (including phenoxy) is 3. The topological polar surface area (TPSA) is 53.7 Å². The first-order valence-electron chi connectivity index (χ1n) is 6.81. The standard InChI is InChI=1S/C15H23NO3.ClH/c1-10(16)7-11-8-13(17-2)15(14(9-11)18-3)19-12-5-4-6-12;/h8-10,12H,4-7,16H2,1-3H3;1H. The molecule has 0 aliphatic heterocycles. The second-order valence-electron chi connectivity index (χ2n) is 5.18. The molecule has 0 spiro atoms. The highest BCUT2D eigenvalue weighted by molar-refractivity contribution is 5.85. The van der Waals surface area contributed by atoms with Crippen LogP contribution in [0.2, 0.25) is 0 Å². The van der Waals surface area contributed by atoms with Crippen molar-refractivity contribution in [2.45, 2.75) is 44.8 Å².